The van der Waals surface area contributed by atoms with Gasteiger partial charge < -0.3 is 27.9 Å². The molecule has 0 saturated carbocycles. The molecule has 84 heavy (non-hydrogen) atoms. The van der Waals surface area contributed by atoms with Gasteiger partial charge in [-0.25, -0.2) is 0 Å². The molecule has 10 heteroatoms. The molecule has 0 aliphatic heterocycles. The summed E-state index contributed by atoms with van der Waals surface area (Å²) in [6, 6.07) is 0. The van der Waals surface area contributed by atoms with Crippen LogP contribution >= 0.6 is 7.82 Å². The van der Waals surface area contributed by atoms with Gasteiger partial charge in [-0.1, -0.05) is 319 Å². The number of carbonyl (C=O) groups is 2. The molecule has 2 atom stereocenters. The van der Waals surface area contributed by atoms with E-state index in [1.165, 1.54) is 283 Å². The van der Waals surface area contributed by atoms with Crippen LogP contribution < -0.4 is 4.89 Å². The lowest BCUT2D eigenvalue weighted by Gasteiger charge is -2.28. The molecule has 0 aromatic heterocycles. The lowest BCUT2D eigenvalue weighted by molar-refractivity contribution is -0.870. The number of ether oxygens (including phenoxy) is 2. The number of carbonyl (C=O) groups excluding carboxylic acids is 2. The maximum Gasteiger partial charge on any atom is 0.306 e. The van der Waals surface area contributed by atoms with E-state index in [2.05, 4.69) is 62.5 Å². The lowest BCUT2D eigenvalue weighted by Crippen LogP contribution is -2.37. The Balaban J connectivity index is 3.89. The minimum atomic E-state index is -4.64. The molecule has 0 amide bonds. The van der Waals surface area contributed by atoms with Gasteiger partial charge in [0.25, 0.3) is 7.82 Å². The number of phosphoric acid groups is 1. The SMILES string of the molecule is CCCCCCC/C=C\C/C=C\C/C=C\CCCCCCCCCCCCCCCCCCCCCCCCCCCCC(=O)OC(COC(=O)CCCCCCCCCCC/C=C\CCCCCCCC)COP(=O)([O-])OCC[N+](C)(C)C. The number of hydrogen-bond donors (Lipinski definition) is 0. The zero-order chi connectivity index (χ0) is 61.2. The molecule has 0 radical (unpaired) electrons. The van der Waals surface area contributed by atoms with Crippen molar-refractivity contribution in [1.29, 1.82) is 0 Å². The molecule has 2 unspecified atom stereocenters. The van der Waals surface area contributed by atoms with Crippen LogP contribution in [0.4, 0.5) is 0 Å². The van der Waals surface area contributed by atoms with Crippen LogP contribution in [0, 0.1) is 0 Å². The average Bonchev–Trinajstić information content (AvgIpc) is 3.61. The van der Waals surface area contributed by atoms with E-state index in [4.69, 9.17) is 18.5 Å². The Labute approximate surface area is 522 Å². The van der Waals surface area contributed by atoms with Crippen molar-refractivity contribution in [2.45, 2.75) is 367 Å². The highest BCUT2D eigenvalue weighted by Crippen LogP contribution is 2.38. The summed E-state index contributed by atoms with van der Waals surface area (Å²) >= 11 is 0. The fraction of sp³-hybridized carbons (Fsp3) is 0.865. The molecular weight excluding hydrogens is 1060 g/mol. The Kier molecular flexibility index (Phi) is 63.8. The summed E-state index contributed by atoms with van der Waals surface area (Å²) in [5.74, 6) is -0.817. The summed E-state index contributed by atoms with van der Waals surface area (Å²) in [4.78, 5) is 38.0. The normalized spacial score (nSPS) is 13.4. The van der Waals surface area contributed by atoms with Crippen LogP contribution in [0.15, 0.2) is 48.6 Å². The van der Waals surface area contributed by atoms with Gasteiger partial charge in [0.15, 0.2) is 6.10 Å². The van der Waals surface area contributed by atoms with E-state index in [-0.39, 0.29) is 32.0 Å². The maximum absolute atomic E-state index is 12.9. The number of nitrogens with zero attached hydrogens (tertiary/aromatic N) is 1. The van der Waals surface area contributed by atoms with Crippen LogP contribution in [-0.4, -0.2) is 70.0 Å². The van der Waals surface area contributed by atoms with E-state index < -0.39 is 26.5 Å². The summed E-state index contributed by atoms with van der Waals surface area (Å²) < 4.78 is 34.3. The third kappa shape index (κ3) is 69.1. The molecule has 0 N–H and O–H groups in total. The van der Waals surface area contributed by atoms with Crippen molar-refractivity contribution in [1.82, 2.24) is 0 Å². The van der Waals surface area contributed by atoms with Gasteiger partial charge in [-0.15, -0.1) is 0 Å². The molecule has 0 rings (SSSR count). The van der Waals surface area contributed by atoms with E-state index in [1.54, 1.807) is 0 Å². The summed E-state index contributed by atoms with van der Waals surface area (Å²) in [5.41, 5.74) is 0. The first kappa shape index (κ1) is 82.0. The number of quaternary nitrogens is 1. The highest BCUT2D eigenvalue weighted by molar-refractivity contribution is 7.45. The van der Waals surface area contributed by atoms with Gasteiger partial charge in [0, 0.05) is 12.8 Å². The molecule has 0 fully saturated rings. The Morgan fingerprint density at radius 3 is 0.964 bits per heavy atom. The molecular formula is C74H140NO8P. The minimum Gasteiger partial charge on any atom is -0.756 e. The number of likely N-dealkylation sites (N-methyl/N-ethyl adjacent to an activating group) is 1. The fourth-order valence-corrected chi connectivity index (χ4v) is 11.5. The topological polar surface area (TPSA) is 111 Å². The van der Waals surface area contributed by atoms with E-state index in [1.807, 2.05) is 21.1 Å². The number of phosphoric ester groups is 1. The van der Waals surface area contributed by atoms with Crippen molar-refractivity contribution in [3.63, 3.8) is 0 Å². The molecule has 0 heterocycles. The van der Waals surface area contributed by atoms with Crippen LogP contribution in [0.1, 0.15) is 361 Å². The smallest absolute Gasteiger partial charge is 0.306 e. The predicted molar refractivity (Wildman–Crippen MR) is 360 cm³/mol. The molecule has 0 saturated heterocycles. The molecule has 0 aliphatic rings. The summed E-state index contributed by atoms with van der Waals surface area (Å²) in [7, 11) is 1.18. The monoisotopic (exact) mass is 1200 g/mol. The van der Waals surface area contributed by atoms with Crippen molar-refractivity contribution in [3.8, 4) is 0 Å². The summed E-state index contributed by atoms with van der Waals surface area (Å²) in [5, 5.41) is 0. The Morgan fingerprint density at radius 1 is 0.369 bits per heavy atom. The fourth-order valence-electron chi connectivity index (χ4n) is 10.7. The van der Waals surface area contributed by atoms with Gasteiger partial charge in [-0.05, 0) is 77.0 Å². The largest absolute Gasteiger partial charge is 0.756 e. The van der Waals surface area contributed by atoms with Gasteiger partial charge in [-0.2, -0.15) is 0 Å². The van der Waals surface area contributed by atoms with E-state index in [0.717, 1.165) is 44.9 Å². The standard InChI is InChI=1S/C74H140NO8P/c1-6-8-10-12-14-16-18-20-22-24-26-27-28-29-30-31-32-33-34-35-36-37-38-39-40-41-42-43-44-45-46-47-49-51-53-55-57-59-61-63-65-67-74(77)83-72(71-82-84(78,79)81-69-68-75(3,4)5)70-80-73(76)66-64-62-60-58-56-54-52-50-48-25-23-21-19-17-15-13-11-9-7-2/h18,20-21,23-24,26,28-29,72H,6-17,19,22,25,27,30-71H2,1-5H3/b20-18-,23-21-,26-24-,29-28-. The van der Waals surface area contributed by atoms with E-state index in [9.17, 15) is 19.0 Å². The molecule has 0 bridgehead atoms. The maximum atomic E-state index is 12.9. The van der Waals surface area contributed by atoms with Crippen LogP contribution in [0.2, 0.25) is 0 Å². The van der Waals surface area contributed by atoms with Crippen molar-refractivity contribution in [2.75, 3.05) is 47.5 Å². The second-order valence-corrected chi connectivity index (χ2v) is 27.4. The number of hydrogen-bond acceptors (Lipinski definition) is 8. The van der Waals surface area contributed by atoms with Crippen LogP contribution in [-0.2, 0) is 32.7 Å². The first-order valence-corrected chi connectivity index (χ1v) is 37.8. The van der Waals surface area contributed by atoms with Gasteiger partial charge in [-0.3, -0.25) is 14.2 Å². The Hall–Kier alpha value is -2.03. The molecule has 0 spiro atoms. The number of rotatable bonds is 68. The third-order valence-electron chi connectivity index (χ3n) is 16.3. The van der Waals surface area contributed by atoms with Crippen molar-refractivity contribution < 1.29 is 42.1 Å². The van der Waals surface area contributed by atoms with Crippen molar-refractivity contribution >= 4 is 19.8 Å². The van der Waals surface area contributed by atoms with Gasteiger partial charge in [0.2, 0.25) is 0 Å². The summed E-state index contributed by atoms with van der Waals surface area (Å²) in [6.07, 6.45) is 85.0. The Morgan fingerprint density at radius 2 is 0.643 bits per heavy atom. The molecule has 0 aromatic carbocycles. The van der Waals surface area contributed by atoms with Crippen LogP contribution in [0.25, 0.3) is 0 Å². The quantitative estimate of drug-likeness (QED) is 0.0195. The molecule has 0 aliphatic carbocycles. The van der Waals surface area contributed by atoms with E-state index >= 15 is 0 Å². The zero-order valence-corrected chi connectivity index (χ0v) is 57.3. The second kappa shape index (κ2) is 65.4. The molecule has 0 aromatic rings. The van der Waals surface area contributed by atoms with Crippen molar-refractivity contribution in [2.24, 2.45) is 0 Å². The first-order chi connectivity index (χ1) is 41.0. The first-order valence-electron chi connectivity index (χ1n) is 36.3. The number of allylic oxidation sites excluding steroid dienone is 8. The van der Waals surface area contributed by atoms with Crippen LogP contribution in [0.5, 0.6) is 0 Å². The van der Waals surface area contributed by atoms with Crippen molar-refractivity contribution in [3.05, 3.63) is 48.6 Å². The highest BCUT2D eigenvalue weighted by Gasteiger charge is 2.22. The highest BCUT2D eigenvalue weighted by atomic mass is 31.2. The Bertz CT molecular complexity index is 1560. The molecule has 9 nitrogen and oxygen atoms in total. The van der Waals surface area contributed by atoms with Gasteiger partial charge in [0.1, 0.15) is 19.8 Å². The third-order valence-corrected chi connectivity index (χ3v) is 17.3. The number of esters is 2. The lowest BCUT2D eigenvalue weighted by atomic mass is 10.0. The van der Waals surface area contributed by atoms with Gasteiger partial charge in [0.05, 0.1) is 27.7 Å². The zero-order valence-electron chi connectivity index (χ0n) is 56.4. The van der Waals surface area contributed by atoms with Gasteiger partial charge >= 0.3 is 11.9 Å². The molecule has 494 valence electrons. The van der Waals surface area contributed by atoms with Crippen LogP contribution in [0.3, 0.4) is 0 Å². The van der Waals surface area contributed by atoms with E-state index in [0.29, 0.717) is 17.4 Å². The second-order valence-electron chi connectivity index (χ2n) is 26.0. The average molecular weight is 1200 g/mol. The number of unbranched alkanes of at least 4 members (excludes halogenated alkanes) is 46. The minimum absolute atomic E-state index is 0.0289. The summed E-state index contributed by atoms with van der Waals surface area (Å²) in [6.45, 7) is 4.28. The predicted octanol–water partition coefficient (Wildman–Crippen LogP) is 23.0.